The lowest BCUT2D eigenvalue weighted by Crippen LogP contribution is -2.56. The average molecular weight is 520 g/mol. The van der Waals surface area contributed by atoms with Crippen LogP contribution in [0.3, 0.4) is 0 Å². The van der Waals surface area contributed by atoms with Crippen molar-refractivity contribution in [2.75, 3.05) is 6.54 Å². The number of rotatable bonds is 10. The summed E-state index contributed by atoms with van der Waals surface area (Å²) in [5, 5.41) is -1.68. The predicted octanol–water partition coefficient (Wildman–Crippen LogP) is 6.72. The Labute approximate surface area is 200 Å². The molecule has 1 aliphatic heterocycles. The van der Waals surface area contributed by atoms with Crippen LogP contribution in [0.1, 0.15) is 81.9 Å². The number of nitrogens with zero attached hydrogens (tertiary/aromatic N) is 1. The normalized spacial score (nSPS) is 21.5. The van der Waals surface area contributed by atoms with E-state index in [2.05, 4.69) is 6.92 Å². The van der Waals surface area contributed by atoms with Crippen LogP contribution in [0.4, 0.5) is 26.3 Å². The highest BCUT2D eigenvalue weighted by atomic mass is 35.5. The van der Waals surface area contributed by atoms with Gasteiger partial charge in [0.15, 0.2) is 0 Å². The van der Waals surface area contributed by atoms with E-state index in [1.165, 1.54) is 4.90 Å². The first kappa shape index (κ1) is 30.5. The summed E-state index contributed by atoms with van der Waals surface area (Å²) in [6.45, 7) is 3.40. The summed E-state index contributed by atoms with van der Waals surface area (Å²) in [5.74, 6) is -0.656. The third kappa shape index (κ3) is 8.30. The molecule has 2 N–H and O–H groups in total. The van der Waals surface area contributed by atoms with E-state index in [9.17, 15) is 31.1 Å². The molecule has 34 heavy (non-hydrogen) atoms. The number of hydrogen-bond donors (Lipinski definition) is 0. The topological polar surface area (TPSA) is 61.0 Å². The Bertz CT molecular complexity index is 770. The van der Waals surface area contributed by atoms with Gasteiger partial charge < -0.3 is 15.1 Å². The Morgan fingerprint density at radius 1 is 0.971 bits per heavy atom. The second kappa shape index (κ2) is 12.4. The minimum atomic E-state index is -4.95. The van der Waals surface area contributed by atoms with Crippen LogP contribution in [0, 0.1) is 0 Å². The van der Waals surface area contributed by atoms with Crippen LogP contribution < -0.4 is 0 Å². The minimum absolute atomic E-state index is 0. The zero-order valence-electron chi connectivity index (χ0n) is 19.3. The highest BCUT2D eigenvalue weighted by Crippen LogP contribution is 2.38. The molecule has 1 aliphatic rings. The Kier molecular flexibility index (Phi) is 11.2. The lowest BCUT2D eigenvalue weighted by molar-refractivity contribution is -0.172. The third-order valence-electron chi connectivity index (χ3n) is 5.74. The van der Waals surface area contributed by atoms with Gasteiger partial charge in [0.05, 0.1) is 17.2 Å². The van der Waals surface area contributed by atoms with Crippen molar-refractivity contribution in [1.82, 2.24) is 4.90 Å². The van der Waals surface area contributed by atoms with Gasteiger partial charge in [-0.3, -0.25) is 4.79 Å². The van der Waals surface area contributed by atoms with Gasteiger partial charge in [0.1, 0.15) is 0 Å². The zero-order valence-corrected chi connectivity index (χ0v) is 20.0. The van der Waals surface area contributed by atoms with E-state index in [1.807, 2.05) is 0 Å². The molecule has 1 aromatic carbocycles. The summed E-state index contributed by atoms with van der Waals surface area (Å²) in [7, 11) is 0. The molecule has 2 rings (SSSR count). The number of carbonyl (C=O) groups is 1. The van der Waals surface area contributed by atoms with E-state index in [1.54, 1.807) is 6.92 Å². The van der Waals surface area contributed by atoms with Gasteiger partial charge in [0.2, 0.25) is 5.06 Å². The van der Waals surface area contributed by atoms with E-state index < -0.39 is 47.1 Å². The maximum absolute atomic E-state index is 13.2. The van der Waals surface area contributed by atoms with Gasteiger partial charge in [-0.05, 0) is 36.6 Å². The van der Waals surface area contributed by atoms with Crippen LogP contribution in [0.25, 0.3) is 0 Å². The summed E-state index contributed by atoms with van der Waals surface area (Å²) < 4.78 is 85.0. The predicted molar refractivity (Wildman–Crippen MR) is 117 cm³/mol. The quantitative estimate of drug-likeness (QED) is 0.196. The number of hydrogen-bond acceptors (Lipinski definition) is 2. The lowest BCUT2D eigenvalue weighted by Gasteiger charge is -2.42. The van der Waals surface area contributed by atoms with Crippen LogP contribution in [-0.4, -0.2) is 34.0 Å². The van der Waals surface area contributed by atoms with Gasteiger partial charge in [0.25, 0.3) is 5.91 Å². The van der Waals surface area contributed by atoms with Crippen LogP contribution >= 0.6 is 11.6 Å². The van der Waals surface area contributed by atoms with Crippen LogP contribution in [0.5, 0.6) is 0 Å². The molecule has 196 valence electrons. The zero-order chi connectivity index (χ0) is 24.9. The van der Waals surface area contributed by atoms with Gasteiger partial charge in [-0.15, -0.1) is 0 Å². The molecule has 0 spiro atoms. The van der Waals surface area contributed by atoms with E-state index in [0.29, 0.717) is 18.6 Å². The Hall–Kier alpha value is -1.52. The molecule has 0 aromatic heterocycles. The van der Waals surface area contributed by atoms with Crippen LogP contribution in [0.2, 0.25) is 0 Å². The van der Waals surface area contributed by atoms with E-state index in [0.717, 1.165) is 38.5 Å². The van der Waals surface area contributed by atoms with Crippen molar-refractivity contribution in [3.63, 3.8) is 0 Å². The summed E-state index contributed by atoms with van der Waals surface area (Å²) in [5.41, 5.74) is -3.09. The molecule has 2 atom stereocenters. The summed E-state index contributed by atoms with van der Waals surface area (Å²) >= 11 is 6.38. The molecule has 0 bridgehead atoms. The van der Waals surface area contributed by atoms with Gasteiger partial charge >= 0.3 is 12.4 Å². The smallest absolute Gasteiger partial charge is 0.412 e. The maximum Gasteiger partial charge on any atom is 0.416 e. The van der Waals surface area contributed by atoms with Gasteiger partial charge in [-0.25, -0.2) is 0 Å². The van der Waals surface area contributed by atoms with E-state index in [-0.39, 0.29) is 30.1 Å². The second-order valence-electron chi connectivity index (χ2n) is 8.48. The highest BCUT2D eigenvalue weighted by molar-refractivity contribution is 6.33. The van der Waals surface area contributed by atoms with Gasteiger partial charge in [-0.1, -0.05) is 64.0 Å². The molecule has 1 amide bonds. The molecule has 1 heterocycles. The lowest BCUT2D eigenvalue weighted by atomic mass is 10.0. The third-order valence-corrected chi connectivity index (χ3v) is 6.26. The van der Waals surface area contributed by atoms with Crippen molar-refractivity contribution >= 4 is 17.5 Å². The number of halogens is 7. The number of carbonyl (C=O) groups excluding carboxylic acids is 1. The molecular weight excluding hydrogens is 488 g/mol. The van der Waals surface area contributed by atoms with E-state index in [4.69, 9.17) is 16.3 Å². The van der Waals surface area contributed by atoms with Crippen molar-refractivity contribution < 1.29 is 41.4 Å². The summed E-state index contributed by atoms with van der Waals surface area (Å²) in [6.07, 6.45) is -3.37. The number of amides is 1. The summed E-state index contributed by atoms with van der Waals surface area (Å²) in [6, 6.07) is 1.36. The highest BCUT2D eigenvalue weighted by Gasteiger charge is 2.46. The molecule has 11 heteroatoms. The first-order chi connectivity index (χ1) is 15.3. The van der Waals surface area contributed by atoms with E-state index >= 15 is 0 Å². The fraction of sp³-hybridized carbons (Fsp3) is 0.696. The fourth-order valence-electron chi connectivity index (χ4n) is 3.92. The molecular formula is C23H32ClF6NO3. The molecule has 2 unspecified atom stereocenters. The standard InChI is InChI=1S/C23H30ClF6NO2.H2O/c1-3-5-6-7-8-9-10-19-15-31(20(32)21(24,4-2)33-19)14-16-11-17(22(25,26)27)13-18(12-16)23(28,29)30;/h11-13,19H,3-10,14-15H2,1-2H3;1H2. The Morgan fingerprint density at radius 2 is 1.50 bits per heavy atom. The van der Waals surface area contributed by atoms with Crippen molar-refractivity contribution in [1.29, 1.82) is 0 Å². The van der Waals surface area contributed by atoms with Crippen LogP contribution in [0.15, 0.2) is 18.2 Å². The summed E-state index contributed by atoms with van der Waals surface area (Å²) in [4.78, 5) is 14.1. The number of alkyl halides is 7. The Morgan fingerprint density at radius 3 is 2.00 bits per heavy atom. The van der Waals surface area contributed by atoms with Crippen molar-refractivity contribution in [2.24, 2.45) is 0 Å². The second-order valence-corrected chi connectivity index (χ2v) is 9.09. The average Bonchev–Trinajstić information content (AvgIpc) is 2.72. The molecule has 1 aromatic rings. The number of unbranched alkanes of at least 4 members (excludes halogenated alkanes) is 5. The Balaban J connectivity index is 0.00000578. The molecule has 1 fully saturated rings. The number of ether oxygens (including phenoxy) is 1. The molecule has 4 nitrogen and oxygen atoms in total. The monoisotopic (exact) mass is 519 g/mol. The number of benzene rings is 1. The van der Waals surface area contributed by atoms with Crippen molar-refractivity contribution in [2.45, 2.75) is 95.3 Å². The minimum Gasteiger partial charge on any atom is -0.412 e. The molecule has 0 aliphatic carbocycles. The first-order valence-electron chi connectivity index (χ1n) is 11.2. The van der Waals surface area contributed by atoms with Crippen molar-refractivity contribution in [3.8, 4) is 0 Å². The van der Waals surface area contributed by atoms with Gasteiger partial charge in [-0.2, -0.15) is 26.3 Å². The van der Waals surface area contributed by atoms with Gasteiger partial charge in [0, 0.05) is 13.1 Å². The number of morpholine rings is 1. The van der Waals surface area contributed by atoms with Crippen LogP contribution in [-0.2, 0) is 28.4 Å². The molecule has 0 radical (unpaired) electrons. The first-order valence-corrected chi connectivity index (χ1v) is 11.6. The largest absolute Gasteiger partial charge is 0.416 e. The SMILES string of the molecule is CCCCCCCCC1CN(Cc2cc(C(F)(F)F)cc(C(F)(F)F)c2)C(=O)C(Cl)(CC)O1.O. The molecule has 0 saturated carbocycles. The fourth-order valence-corrected chi connectivity index (χ4v) is 4.17. The molecule has 1 saturated heterocycles. The maximum atomic E-state index is 13.2. The van der Waals surface area contributed by atoms with Crippen molar-refractivity contribution in [3.05, 3.63) is 34.9 Å².